The molecule has 23 heavy (non-hydrogen) atoms. The summed E-state index contributed by atoms with van der Waals surface area (Å²) in [6, 6.07) is 13.5. The molecular formula is C19H17NO3. The molecule has 0 fully saturated rings. The summed E-state index contributed by atoms with van der Waals surface area (Å²) in [5.41, 5.74) is 1.78. The van der Waals surface area contributed by atoms with Crippen LogP contribution < -0.4 is 0 Å². The van der Waals surface area contributed by atoms with Gasteiger partial charge in [0, 0.05) is 23.2 Å². The molecule has 2 aromatic heterocycles. The Labute approximate surface area is 134 Å². The molecule has 3 rings (SSSR count). The van der Waals surface area contributed by atoms with Crippen LogP contribution in [-0.4, -0.2) is 11.0 Å². The van der Waals surface area contributed by atoms with Gasteiger partial charge in [0.25, 0.3) is 0 Å². The lowest BCUT2D eigenvalue weighted by molar-refractivity contribution is -0.142. The Balaban J connectivity index is 1.68. The predicted molar refractivity (Wildman–Crippen MR) is 88.7 cm³/mol. The summed E-state index contributed by atoms with van der Waals surface area (Å²) < 4.78 is 10.8. The maximum atomic E-state index is 11.9. The molecule has 1 unspecified atom stereocenters. The zero-order chi connectivity index (χ0) is 16.2. The zero-order valence-electron chi connectivity index (χ0n) is 13.0. The van der Waals surface area contributed by atoms with Crippen LogP contribution in [0.2, 0.25) is 0 Å². The first-order chi connectivity index (χ1) is 11.1. The maximum Gasteiger partial charge on any atom is 0.331 e. The van der Waals surface area contributed by atoms with E-state index in [0.717, 1.165) is 22.2 Å². The Kier molecular flexibility index (Phi) is 4.24. The number of aromatic nitrogens is 1. The van der Waals surface area contributed by atoms with Gasteiger partial charge in [-0.25, -0.2) is 4.79 Å². The molecule has 0 N–H and O–H groups in total. The van der Waals surface area contributed by atoms with Crippen LogP contribution in [0.15, 0.2) is 59.2 Å². The van der Waals surface area contributed by atoms with Gasteiger partial charge in [0.2, 0.25) is 0 Å². The van der Waals surface area contributed by atoms with Crippen LogP contribution in [0.5, 0.6) is 0 Å². The third kappa shape index (κ3) is 3.66. The lowest BCUT2D eigenvalue weighted by Crippen LogP contribution is -2.06. The largest absolute Gasteiger partial charge is 0.462 e. The van der Waals surface area contributed by atoms with Crippen molar-refractivity contribution in [3.63, 3.8) is 0 Å². The van der Waals surface area contributed by atoms with Crippen LogP contribution in [0.1, 0.15) is 30.1 Å². The fraction of sp³-hybridized carbons (Fsp3) is 0.158. The molecule has 3 aromatic rings. The molecule has 1 atom stereocenters. The number of rotatable bonds is 4. The molecule has 4 nitrogen and oxygen atoms in total. The second kappa shape index (κ2) is 6.48. The van der Waals surface area contributed by atoms with Gasteiger partial charge in [0.1, 0.15) is 17.6 Å². The van der Waals surface area contributed by atoms with Crippen molar-refractivity contribution in [1.29, 1.82) is 0 Å². The third-order valence-electron chi connectivity index (χ3n) is 3.52. The highest BCUT2D eigenvalue weighted by Gasteiger charge is 2.11. The Hall–Kier alpha value is -2.88. The minimum Gasteiger partial charge on any atom is -0.462 e. The second-order valence-corrected chi connectivity index (χ2v) is 5.32. The number of ether oxygens (including phenoxy) is 1. The summed E-state index contributed by atoms with van der Waals surface area (Å²) >= 11 is 0. The van der Waals surface area contributed by atoms with Gasteiger partial charge in [-0.3, -0.25) is 4.98 Å². The SMILES string of the molecule is Cc1ccc(/C=C/C(=O)OC(C)c2cnc3ccccc3c2)o1. The molecule has 116 valence electrons. The van der Waals surface area contributed by atoms with E-state index in [2.05, 4.69) is 4.98 Å². The second-order valence-electron chi connectivity index (χ2n) is 5.32. The molecule has 2 heterocycles. The Morgan fingerprint density at radius 1 is 1.26 bits per heavy atom. The summed E-state index contributed by atoms with van der Waals surface area (Å²) in [5, 5.41) is 1.02. The topological polar surface area (TPSA) is 52.3 Å². The van der Waals surface area contributed by atoms with Crippen molar-refractivity contribution in [3.05, 3.63) is 71.8 Å². The van der Waals surface area contributed by atoms with Gasteiger partial charge in [-0.15, -0.1) is 0 Å². The van der Waals surface area contributed by atoms with E-state index in [4.69, 9.17) is 9.15 Å². The first-order valence-corrected chi connectivity index (χ1v) is 7.41. The maximum absolute atomic E-state index is 11.9. The Morgan fingerprint density at radius 3 is 2.87 bits per heavy atom. The lowest BCUT2D eigenvalue weighted by Gasteiger charge is -2.12. The Bertz CT molecular complexity index is 864. The van der Waals surface area contributed by atoms with Crippen LogP contribution in [0.25, 0.3) is 17.0 Å². The van der Waals surface area contributed by atoms with Crippen molar-refractivity contribution < 1.29 is 13.9 Å². The van der Waals surface area contributed by atoms with E-state index < -0.39 is 5.97 Å². The van der Waals surface area contributed by atoms with Crippen molar-refractivity contribution in [2.75, 3.05) is 0 Å². The van der Waals surface area contributed by atoms with Crippen molar-refractivity contribution in [3.8, 4) is 0 Å². The quantitative estimate of drug-likeness (QED) is 0.527. The number of para-hydroxylation sites is 1. The van der Waals surface area contributed by atoms with E-state index in [1.807, 2.05) is 50.2 Å². The highest BCUT2D eigenvalue weighted by molar-refractivity contribution is 5.87. The van der Waals surface area contributed by atoms with Crippen molar-refractivity contribution in [2.45, 2.75) is 20.0 Å². The highest BCUT2D eigenvalue weighted by atomic mass is 16.5. The number of furan rings is 1. The normalized spacial score (nSPS) is 12.6. The van der Waals surface area contributed by atoms with E-state index in [1.54, 1.807) is 18.3 Å². The minimum atomic E-state index is -0.417. The molecule has 0 saturated carbocycles. The fourth-order valence-electron chi connectivity index (χ4n) is 2.29. The number of hydrogen-bond donors (Lipinski definition) is 0. The van der Waals surface area contributed by atoms with E-state index in [0.29, 0.717) is 5.76 Å². The molecule has 1 aromatic carbocycles. The number of nitrogens with zero attached hydrogens (tertiary/aromatic N) is 1. The van der Waals surface area contributed by atoms with Gasteiger partial charge in [-0.05, 0) is 44.2 Å². The first-order valence-electron chi connectivity index (χ1n) is 7.41. The van der Waals surface area contributed by atoms with Crippen molar-refractivity contribution in [2.24, 2.45) is 0 Å². The van der Waals surface area contributed by atoms with Gasteiger partial charge in [0.15, 0.2) is 0 Å². The van der Waals surface area contributed by atoms with Gasteiger partial charge >= 0.3 is 5.97 Å². The number of pyridine rings is 1. The number of hydrogen-bond acceptors (Lipinski definition) is 4. The standard InChI is InChI=1S/C19H17NO3/c1-13-7-8-17(22-13)9-10-19(21)23-14(2)16-11-15-5-3-4-6-18(15)20-12-16/h3-12,14H,1-2H3/b10-9+. The molecule has 0 amide bonds. The van der Waals surface area contributed by atoms with Crippen molar-refractivity contribution in [1.82, 2.24) is 4.98 Å². The number of benzene rings is 1. The fourth-order valence-corrected chi connectivity index (χ4v) is 2.29. The smallest absolute Gasteiger partial charge is 0.331 e. The average molecular weight is 307 g/mol. The van der Waals surface area contributed by atoms with Gasteiger partial charge in [-0.2, -0.15) is 0 Å². The molecule has 0 spiro atoms. The van der Waals surface area contributed by atoms with Crippen molar-refractivity contribution >= 4 is 22.9 Å². The molecule has 0 aliphatic rings. The number of carbonyl (C=O) groups is 1. The van der Waals surface area contributed by atoms with E-state index >= 15 is 0 Å². The zero-order valence-corrected chi connectivity index (χ0v) is 13.0. The number of carbonyl (C=O) groups excluding carboxylic acids is 1. The average Bonchev–Trinajstić information content (AvgIpc) is 2.98. The van der Waals surface area contributed by atoms with Crippen LogP contribution in [0.4, 0.5) is 0 Å². The summed E-state index contributed by atoms with van der Waals surface area (Å²) in [4.78, 5) is 16.3. The Morgan fingerprint density at radius 2 is 2.09 bits per heavy atom. The van der Waals surface area contributed by atoms with Crippen LogP contribution >= 0.6 is 0 Å². The van der Waals surface area contributed by atoms with Gasteiger partial charge in [-0.1, -0.05) is 18.2 Å². The van der Waals surface area contributed by atoms with Gasteiger partial charge in [0.05, 0.1) is 5.52 Å². The van der Waals surface area contributed by atoms with Gasteiger partial charge < -0.3 is 9.15 Å². The van der Waals surface area contributed by atoms with E-state index in [9.17, 15) is 4.79 Å². The lowest BCUT2D eigenvalue weighted by atomic mass is 10.1. The summed E-state index contributed by atoms with van der Waals surface area (Å²) in [7, 11) is 0. The molecule has 0 bridgehead atoms. The number of aryl methyl sites for hydroxylation is 1. The highest BCUT2D eigenvalue weighted by Crippen LogP contribution is 2.21. The number of fused-ring (bicyclic) bond motifs is 1. The predicted octanol–water partition coefficient (Wildman–Crippen LogP) is 4.45. The molecule has 4 heteroatoms. The molecular weight excluding hydrogens is 290 g/mol. The van der Waals surface area contributed by atoms with Crippen LogP contribution in [0.3, 0.4) is 0 Å². The molecule has 0 radical (unpaired) electrons. The van der Waals surface area contributed by atoms with Crippen LogP contribution in [-0.2, 0) is 9.53 Å². The molecule has 0 aliphatic carbocycles. The minimum absolute atomic E-state index is 0.373. The third-order valence-corrected chi connectivity index (χ3v) is 3.52. The monoisotopic (exact) mass is 307 g/mol. The summed E-state index contributed by atoms with van der Waals surface area (Å²) in [6.45, 7) is 3.68. The first kappa shape index (κ1) is 15.0. The van der Waals surface area contributed by atoms with E-state index in [-0.39, 0.29) is 6.10 Å². The molecule has 0 saturated heterocycles. The summed E-state index contributed by atoms with van der Waals surface area (Å²) in [6.07, 6.45) is 4.33. The van der Waals surface area contributed by atoms with Crippen LogP contribution in [0, 0.1) is 6.92 Å². The number of esters is 1. The van der Waals surface area contributed by atoms with E-state index in [1.165, 1.54) is 6.08 Å². The summed E-state index contributed by atoms with van der Waals surface area (Å²) in [5.74, 6) is 1.01. The molecule has 0 aliphatic heterocycles.